The quantitative estimate of drug-likeness (QED) is 0.390. The summed E-state index contributed by atoms with van der Waals surface area (Å²) in [6, 6.07) is 16.6. The zero-order valence-electron chi connectivity index (χ0n) is 19.6. The number of benzene rings is 3. The zero-order valence-corrected chi connectivity index (χ0v) is 20.4. The van der Waals surface area contributed by atoms with Crippen molar-refractivity contribution < 1.29 is 31.1 Å². The largest absolute Gasteiger partial charge is 0.435 e. The number of hydrogen-bond acceptors (Lipinski definition) is 5. The molecule has 5 rings (SSSR count). The molecule has 1 aliphatic heterocycles. The summed E-state index contributed by atoms with van der Waals surface area (Å²) < 4.78 is 69.0. The number of alkyl halides is 2. The second kappa shape index (κ2) is 9.22. The van der Waals surface area contributed by atoms with Gasteiger partial charge in [0.05, 0.1) is 28.2 Å². The zero-order chi connectivity index (χ0) is 26.4. The van der Waals surface area contributed by atoms with Gasteiger partial charge in [0.15, 0.2) is 9.84 Å². The highest BCUT2D eigenvalue weighted by molar-refractivity contribution is 7.91. The van der Waals surface area contributed by atoms with E-state index in [0.29, 0.717) is 34.3 Å². The second-order valence-electron chi connectivity index (χ2n) is 9.23. The van der Waals surface area contributed by atoms with Crippen LogP contribution in [0.4, 0.5) is 13.2 Å². The van der Waals surface area contributed by atoms with Gasteiger partial charge in [-0.1, -0.05) is 12.1 Å². The number of halogens is 3. The summed E-state index contributed by atoms with van der Waals surface area (Å²) >= 11 is 0. The number of nitrogens with zero attached hydrogens (tertiary/aromatic N) is 2. The Morgan fingerprint density at radius 1 is 1.11 bits per heavy atom. The molecular formula is C26H22F3N3O4S. The molecule has 37 heavy (non-hydrogen) atoms. The lowest BCUT2D eigenvalue weighted by Crippen LogP contribution is -2.46. The van der Waals surface area contributed by atoms with Gasteiger partial charge in [-0.05, 0) is 67.9 Å². The van der Waals surface area contributed by atoms with E-state index < -0.39 is 33.7 Å². The van der Waals surface area contributed by atoms with Crippen LogP contribution in [0.3, 0.4) is 0 Å². The van der Waals surface area contributed by atoms with Crippen molar-refractivity contribution in [3.8, 4) is 22.7 Å². The normalized spacial score (nSPS) is 18.8. The van der Waals surface area contributed by atoms with Crippen molar-refractivity contribution in [1.29, 1.82) is 0 Å². The third-order valence-corrected chi connectivity index (χ3v) is 8.17. The van der Waals surface area contributed by atoms with E-state index in [1.54, 1.807) is 37.3 Å². The highest BCUT2D eigenvalue weighted by Gasteiger charge is 2.39. The topological polar surface area (TPSA) is 90.3 Å². The fourth-order valence-electron chi connectivity index (χ4n) is 4.52. The van der Waals surface area contributed by atoms with Gasteiger partial charge in [-0.2, -0.15) is 13.9 Å². The summed E-state index contributed by atoms with van der Waals surface area (Å²) in [6.07, 6.45) is 0.317. The third kappa shape index (κ3) is 5.17. The van der Waals surface area contributed by atoms with Crippen molar-refractivity contribution in [3.05, 3.63) is 78.1 Å². The molecule has 0 unspecified atom stereocenters. The van der Waals surface area contributed by atoms with E-state index in [0.717, 1.165) is 0 Å². The second-order valence-corrected chi connectivity index (χ2v) is 11.4. The minimum Gasteiger partial charge on any atom is -0.435 e. The van der Waals surface area contributed by atoms with Crippen molar-refractivity contribution in [1.82, 2.24) is 15.1 Å². The molecule has 4 aromatic rings. The van der Waals surface area contributed by atoms with Crippen LogP contribution in [-0.2, 0) is 9.84 Å². The summed E-state index contributed by atoms with van der Waals surface area (Å²) in [5.41, 5.74) is 1.38. The third-order valence-electron chi connectivity index (χ3n) is 6.27. The van der Waals surface area contributed by atoms with Crippen LogP contribution in [0.5, 0.6) is 5.75 Å². The van der Waals surface area contributed by atoms with Crippen LogP contribution < -0.4 is 10.1 Å². The molecule has 0 spiro atoms. The Morgan fingerprint density at radius 2 is 1.86 bits per heavy atom. The Kier molecular flexibility index (Phi) is 6.18. The van der Waals surface area contributed by atoms with E-state index in [4.69, 9.17) is 0 Å². The van der Waals surface area contributed by atoms with E-state index in [1.165, 1.54) is 41.1 Å². The number of sulfone groups is 1. The van der Waals surface area contributed by atoms with Gasteiger partial charge < -0.3 is 10.1 Å². The number of carbonyl (C=O) groups excluding carboxylic acids is 1. The molecule has 1 saturated heterocycles. The molecule has 3 aromatic carbocycles. The molecule has 0 radical (unpaired) electrons. The minimum absolute atomic E-state index is 0.0118. The first kappa shape index (κ1) is 24.8. The van der Waals surface area contributed by atoms with Crippen LogP contribution in [0.1, 0.15) is 23.7 Å². The summed E-state index contributed by atoms with van der Waals surface area (Å²) in [5.74, 6) is -1.03. The van der Waals surface area contributed by atoms with Gasteiger partial charge in [0.25, 0.3) is 5.91 Å². The molecule has 1 amide bonds. The number of rotatable bonds is 6. The molecule has 11 heteroatoms. The monoisotopic (exact) mass is 529 g/mol. The summed E-state index contributed by atoms with van der Waals surface area (Å²) in [4.78, 5) is 13.1. The molecule has 0 saturated carbocycles. The van der Waals surface area contributed by atoms with Crippen LogP contribution >= 0.6 is 0 Å². The Balaban J connectivity index is 1.59. The Hall–Kier alpha value is -3.86. The summed E-state index contributed by atoms with van der Waals surface area (Å²) in [6.45, 7) is -1.29. The van der Waals surface area contributed by atoms with Crippen molar-refractivity contribution in [2.75, 3.05) is 11.5 Å². The maximum atomic E-state index is 13.6. The van der Waals surface area contributed by atoms with E-state index in [9.17, 15) is 26.4 Å². The first-order chi connectivity index (χ1) is 17.5. The van der Waals surface area contributed by atoms with Gasteiger partial charge in [-0.25, -0.2) is 17.5 Å². The Labute approximate surface area is 210 Å². The molecule has 0 aliphatic carbocycles. The number of carbonyl (C=O) groups is 1. The maximum Gasteiger partial charge on any atom is 0.387 e. The highest BCUT2D eigenvalue weighted by atomic mass is 32.2. The number of amides is 1. The SMILES string of the molecule is C[C@@]1(NC(=O)c2ccc3c(-c4cccc(OC(F)F)c4)nn(-c4ccc(F)cc4)c3c2)CCS(=O)(=O)C1. The molecular weight excluding hydrogens is 507 g/mol. The van der Waals surface area contributed by atoms with Crippen LogP contribution in [0.15, 0.2) is 66.7 Å². The first-order valence-electron chi connectivity index (χ1n) is 11.4. The first-order valence-corrected chi connectivity index (χ1v) is 13.2. The van der Waals surface area contributed by atoms with Crippen molar-refractivity contribution in [2.45, 2.75) is 25.5 Å². The molecule has 1 aromatic heterocycles. The van der Waals surface area contributed by atoms with Gasteiger partial charge >= 0.3 is 6.61 Å². The van der Waals surface area contributed by atoms with Crippen LogP contribution in [-0.4, -0.2) is 47.8 Å². The fourth-order valence-corrected chi connectivity index (χ4v) is 6.62. The summed E-state index contributed by atoms with van der Waals surface area (Å²) in [5, 5.41) is 8.11. The van der Waals surface area contributed by atoms with Crippen LogP contribution in [0.2, 0.25) is 0 Å². The lowest BCUT2D eigenvalue weighted by Gasteiger charge is -2.23. The smallest absolute Gasteiger partial charge is 0.387 e. The predicted octanol–water partition coefficient (Wildman–Crippen LogP) is 4.74. The van der Waals surface area contributed by atoms with E-state index in [2.05, 4.69) is 15.2 Å². The molecule has 1 aliphatic rings. The van der Waals surface area contributed by atoms with E-state index in [1.807, 2.05) is 0 Å². The minimum atomic E-state index is -3.22. The number of fused-ring (bicyclic) bond motifs is 1. The van der Waals surface area contributed by atoms with Crippen LogP contribution in [0.25, 0.3) is 27.8 Å². The molecule has 1 atom stereocenters. The van der Waals surface area contributed by atoms with Crippen molar-refractivity contribution in [3.63, 3.8) is 0 Å². The molecule has 1 N–H and O–H groups in total. The van der Waals surface area contributed by atoms with Gasteiger partial charge in [-0.15, -0.1) is 0 Å². The Bertz CT molecular complexity index is 1600. The van der Waals surface area contributed by atoms with Crippen LogP contribution in [0, 0.1) is 5.82 Å². The lowest BCUT2D eigenvalue weighted by atomic mass is 10.0. The summed E-state index contributed by atoms with van der Waals surface area (Å²) in [7, 11) is -3.22. The van der Waals surface area contributed by atoms with Gasteiger partial charge in [-0.3, -0.25) is 4.79 Å². The van der Waals surface area contributed by atoms with E-state index >= 15 is 0 Å². The molecule has 2 heterocycles. The predicted molar refractivity (Wildman–Crippen MR) is 132 cm³/mol. The molecule has 192 valence electrons. The maximum absolute atomic E-state index is 13.6. The van der Waals surface area contributed by atoms with Crippen molar-refractivity contribution in [2.24, 2.45) is 0 Å². The molecule has 1 fully saturated rings. The average molecular weight is 530 g/mol. The Morgan fingerprint density at radius 3 is 2.54 bits per heavy atom. The molecule has 0 bridgehead atoms. The number of aromatic nitrogens is 2. The average Bonchev–Trinajstić information content (AvgIpc) is 3.35. The number of hydrogen-bond donors (Lipinski definition) is 1. The number of nitrogens with one attached hydrogen (secondary N) is 1. The fraction of sp³-hybridized carbons (Fsp3) is 0.231. The number of ether oxygens (including phenoxy) is 1. The van der Waals surface area contributed by atoms with Gasteiger partial charge in [0, 0.05) is 16.5 Å². The lowest BCUT2D eigenvalue weighted by molar-refractivity contribution is -0.0498. The van der Waals surface area contributed by atoms with Gasteiger partial charge in [0.2, 0.25) is 0 Å². The van der Waals surface area contributed by atoms with Crippen molar-refractivity contribution >= 4 is 26.6 Å². The van der Waals surface area contributed by atoms with Gasteiger partial charge in [0.1, 0.15) is 17.3 Å². The van der Waals surface area contributed by atoms with E-state index in [-0.39, 0.29) is 22.8 Å². The standard InChI is InChI=1S/C26H22F3N3O4S/c1-26(11-12-37(34,35)15-26)30-24(33)17-5-10-21-22(14-17)32(19-8-6-18(27)7-9-19)31-23(21)16-3-2-4-20(13-16)36-25(28)29/h2-10,13-14,25H,11-12,15H2,1H3,(H,30,33)/t26-/m1/s1. The molecule has 7 nitrogen and oxygen atoms in total. The highest BCUT2D eigenvalue weighted by Crippen LogP contribution is 2.33.